The fourth-order valence-corrected chi connectivity index (χ4v) is 4.51. The lowest BCUT2D eigenvalue weighted by molar-refractivity contribution is -0.0933. The smallest absolute Gasteiger partial charge is 0.0751 e. The molecule has 1 aliphatic heterocycles. The van der Waals surface area contributed by atoms with Crippen molar-refractivity contribution < 1.29 is 9.84 Å². The molecule has 0 aromatic carbocycles. The molecule has 3 nitrogen and oxygen atoms in total. The van der Waals surface area contributed by atoms with Crippen LogP contribution in [0.5, 0.6) is 0 Å². The summed E-state index contributed by atoms with van der Waals surface area (Å²) in [7, 11) is 0. The Bertz CT molecular complexity index is 264. The molecule has 1 heterocycles. The minimum absolute atomic E-state index is 0.0960. The zero-order chi connectivity index (χ0) is 12.4. The van der Waals surface area contributed by atoms with Gasteiger partial charge in [-0.2, -0.15) is 0 Å². The first-order valence-electron chi connectivity index (χ1n) is 7.84. The van der Waals surface area contributed by atoms with E-state index in [0.717, 1.165) is 26.3 Å². The SMILES string of the molecule is OC(C1CCCC1)C1(N2CCOCC2)CCCC1. The van der Waals surface area contributed by atoms with Crippen LogP contribution in [0.1, 0.15) is 51.4 Å². The number of ether oxygens (including phenoxy) is 1. The molecule has 3 rings (SSSR count). The summed E-state index contributed by atoms with van der Waals surface area (Å²) < 4.78 is 5.49. The van der Waals surface area contributed by atoms with Gasteiger partial charge in [0.05, 0.1) is 19.3 Å². The van der Waals surface area contributed by atoms with E-state index in [1.165, 1.54) is 51.4 Å². The monoisotopic (exact) mass is 253 g/mol. The zero-order valence-electron chi connectivity index (χ0n) is 11.4. The van der Waals surface area contributed by atoms with Crippen LogP contribution in [0.25, 0.3) is 0 Å². The third-order valence-electron chi connectivity index (χ3n) is 5.51. The van der Waals surface area contributed by atoms with Crippen LogP contribution < -0.4 is 0 Å². The Morgan fingerprint density at radius 3 is 2.22 bits per heavy atom. The van der Waals surface area contributed by atoms with E-state index in [-0.39, 0.29) is 11.6 Å². The van der Waals surface area contributed by atoms with E-state index in [0.29, 0.717) is 5.92 Å². The summed E-state index contributed by atoms with van der Waals surface area (Å²) in [5.74, 6) is 0.561. The van der Waals surface area contributed by atoms with Gasteiger partial charge in [-0.05, 0) is 31.6 Å². The Balaban J connectivity index is 1.76. The fourth-order valence-electron chi connectivity index (χ4n) is 4.51. The molecule has 1 atom stereocenters. The molecule has 1 unspecified atom stereocenters. The quantitative estimate of drug-likeness (QED) is 0.837. The van der Waals surface area contributed by atoms with Crippen LogP contribution in [0.15, 0.2) is 0 Å². The largest absolute Gasteiger partial charge is 0.391 e. The highest BCUT2D eigenvalue weighted by Crippen LogP contribution is 2.44. The van der Waals surface area contributed by atoms with Crippen LogP contribution in [0, 0.1) is 5.92 Å². The van der Waals surface area contributed by atoms with E-state index in [2.05, 4.69) is 4.90 Å². The summed E-state index contributed by atoms with van der Waals surface area (Å²) in [4.78, 5) is 2.56. The van der Waals surface area contributed by atoms with E-state index in [1.807, 2.05) is 0 Å². The third kappa shape index (κ3) is 2.21. The van der Waals surface area contributed by atoms with Gasteiger partial charge in [0, 0.05) is 18.6 Å². The second kappa shape index (κ2) is 5.48. The Morgan fingerprint density at radius 1 is 1.00 bits per heavy atom. The maximum absolute atomic E-state index is 11.0. The third-order valence-corrected chi connectivity index (χ3v) is 5.51. The van der Waals surface area contributed by atoms with Crippen molar-refractivity contribution in [1.29, 1.82) is 0 Å². The van der Waals surface area contributed by atoms with Gasteiger partial charge >= 0.3 is 0 Å². The van der Waals surface area contributed by atoms with Crippen LogP contribution in [0.2, 0.25) is 0 Å². The maximum Gasteiger partial charge on any atom is 0.0751 e. The van der Waals surface area contributed by atoms with E-state index in [4.69, 9.17) is 4.74 Å². The molecule has 0 aromatic rings. The van der Waals surface area contributed by atoms with E-state index in [9.17, 15) is 5.11 Å². The molecule has 3 heteroatoms. The molecule has 0 radical (unpaired) electrons. The van der Waals surface area contributed by atoms with Gasteiger partial charge in [0.1, 0.15) is 0 Å². The van der Waals surface area contributed by atoms with Crippen molar-refractivity contribution in [2.75, 3.05) is 26.3 Å². The van der Waals surface area contributed by atoms with Gasteiger partial charge in [-0.25, -0.2) is 0 Å². The first-order chi connectivity index (χ1) is 8.83. The van der Waals surface area contributed by atoms with Gasteiger partial charge in [0.25, 0.3) is 0 Å². The molecule has 0 aromatic heterocycles. The van der Waals surface area contributed by atoms with Crippen LogP contribution in [0.4, 0.5) is 0 Å². The highest BCUT2D eigenvalue weighted by atomic mass is 16.5. The first-order valence-corrected chi connectivity index (χ1v) is 7.84. The Hall–Kier alpha value is -0.120. The Kier molecular flexibility index (Phi) is 3.92. The van der Waals surface area contributed by atoms with Crippen molar-refractivity contribution in [2.24, 2.45) is 5.92 Å². The Morgan fingerprint density at radius 2 is 1.61 bits per heavy atom. The summed E-state index contributed by atoms with van der Waals surface area (Å²) in [5.41, 5.74) is 0.0960. The summed E-state index contributed by atoms with van der Waals surface area (Å²) in [6, 6.07) is 0. The highest BCUT2D eigenvalue weighted by molar-refractivity contribution is 5.03. The number of nitrogens with zero attached hydrogens (tertiary/aromatic N) is 1. The molecular formula is C15H27NO2. The van der Waals surface area contributed by atoms with Gasteiger partial charge in [-0.1, -0.05) is 25.7 Å². The van der Waals surface area contributed by atoms with Gasteiger partial charge in [0.15, 0.2) is 0 Å². The minimum atomic E-state index is -0.0967. The molecule has 1 saturated heterocycles. The minimum Gasteiger partial charge on any atom is -0.391 e. The fraction of sp³-hybridized carbons (Fsp3) is 1.00. The second-order valence-electron chi connectivity index (χ2n) is 6.40. The average molecular weight is 253 g/mol. The Labute approximate surface area is 110 Å². The zero-order valence-corrected chi connectivity index (χ0v) is 11.4. The molecule has 3 fully saturated rings. The van der Waals surface area contributed by atoms with Crippen molar-refractivity contribution >= 4 is 0 Å². The van der Waals surface area contributed by atoms with Crippen molar-refractivity contribution in [2.45, 2.75) is 63.0 Å². The summed E-state index contributed by atoms with van der Waals surface area (Å²) >= 11 is 0. The number of aliphatic hydroxyl groups is 1. The van der Waals surface area contributed by atoms with Crippen molar-refractivity contribution in [3.63, 3.8) is 0 Å². The lowest BCUT2D eigenvalue weighted by atomic mass is 9.80. The molecule has 104 valence electrons. The topological polar surface area (TPSA) is 32.7 Å². The molecule has 1 N–H and O–H groups in total. The number of rotatable bonds is 3. The van der Waals surface area contributed by atoms with Crippen LogP contribution >= 0.6 is 0 Å². The molecule has 2 aliphatic carbocycles. The van der Waals surface area contributed by atoms with Gasteiger partial charge in [-0.3, -0.25) is 4.90 Å². The molecule has 3 aliphatic rings. The van der Waals surface area contributed by atoms with Crippen LogP contribution in [0.3, 0.4) is 0 Å². The van der Waals surface area contributed by atoms with Crippen molar-refractivity contribution in [1.82, 2.24) is 4.90 Å². The van der Waals surface area contributed by atoms with E-state index < -0.39 is 0 Å². The lowest BCUT2D eigenvalue weighted by Crippen LogP contribution is -2.60. The maximum atomic E-state index is 11.0. The predicted octanol–water partition coefficient (Wildman–Crippen LogP) is 2.18. The molecule has 18 heavy (non-hydrogen) atoms. The number of hydrogen-bond acceptors (Lipinski definition) is 3. The van der Waals surface area contributed by atoms with Gasteiger partial charge < -0.3 is 9.84 Å². The number of morpholine rings is 1. The highest BCUT2D eigenvalue weighted by Gasteiger charge is 2.48. The number of hydrogen-bond donors (Lipinski definition) is 1. The van der Waals surface area contributed by atoms with Gasteiger partial charge in [0.2, 0.25) is 0 Å². The second-order valence-corrected chi connectivity index (χ2v) is 6.40. The molecule has 0 amide bonds. The molecule has 2 saturated carbocycles. The van der Waals surface area contributed by atoms with Gasteiger partial charge in [-0.15, -0.1) is 0 Å². The lowest BCUT2D eigenvalue weighted by Gasteiger charge is -2.48. The molecule has 0 bridgehead atoms. The summed E-state index contributed by atoms with van der Waals surface area (Å²) in [5, 5.41) is 11.0. The summed E-state index contributed by atoms with van der Waals surface area (Å²) in [6.45, 7) is 3.73. The number of aliphatic hydroxyl groups excluding tert-OH is 1. The first kappa shape index (κ1) is 12.9. The normalized spacial score (nSPS) is 31.8. The standard InChI is InChI=1S/C15H27NO2/c17-14(13-5-1-2-6-13)15(7-3-4-8-15)16-9-11-18-12-10-16/h13-14,17H,1-12H2. The van der Waals surface area contributed by atoms with Crippen molar-refractivity contribution in [3.8, 4) is 0 Å². The molecule has 0 spiro atoms. The van der Waals surface area contributed by atoms with E-state index >= 15 is 0 Å². The van der Waals surface area contributed by atoms with E-state index in [1.54, 1.807) is 0 Å². The van der Waals surface area contributed by atoms with Crippen LogP contribution in [-0.4, -0.2) is 48.0 Å². The van der Waals surface area contributed by atoms with Crippen molar-refractivity contribution in [3.05, 3.63) is 0 Å². The molecular weight excluding hydrogens is 226 g/mol. The summed E-state index contributed by atoms with van der Waals surface area (Å²) in [6.07, 6.45) is 10.0. The predicted molar refractivity (Wildman–Crippen MR) is 71.6 cm³/mol. The average Bonchev–Trinajstić information content (AvgIpc) is 3.11. The van der Waals surface area contributed by atoms with Crippen LogP contribution in [-0.2, 0) is 4.74 Å².